The predicted octanol–water partition coefficient (Wildman–Crippen LogP) is 6.39. The summed E-state index contributed by atoms with van der Waals surface area (Å²) in [5.74, 6) is -0.101. The zero-order valence-electron chi connectivity index (χ0n) is 16.5. The van der Waals surface area contributed by atoms with Crippen molar-refractivity contribution in [3.63, 3.8) is 0 Å². The second-order valence-corrected chi connectivity index (χ2v) is 8.71. The van der Waals surface area contributed by atoms with E-state index in [2.05, 4.69) is 10.2 Å². The highest BCUT2D eigenvalue weighted by Gasteiger charge is 2.40. The lowest BCUT2D eigenvalue weighted by molar-refractivity contribution is -0.137. The monoisotopic (exact) mass is 492 g/mol. The van der Waals surface area contributed by atoms with Crippen LogP contribution in [-0.2, 0) is 6.18 Å². The lowest BCUT2D eigenvalue weighted by Crippen LogP contribution is -2.54. The number of fused-ring (bicyclic) bond motifs is 3. The van der Waals surface area contributed by atoms with Crippen molar-refractivity contribution in [2.75, 3.05) is 13.1 Å². The lowest BCUT2D eigenvalue weighted by atomic mass is 9.79. The summed E-state index contributed by atoms with van der Waals surface area (Å²) < 4.78 is 39.8. The molecule has 0 aromatic heterocycles. The standard InChI is InChI=1S/C22H21Cl2F3N2O.ClH/c23-16-7-6-15(22(25,26)27)19(24)18(16)21(30)28-20(14-4-2-1-3-5-14)17-12-13-8-10-29(17)11-9-13;/h1-7,13,17,20H,8-12H2,(H,28,30);1H/t17-,20?;/m0./s1. The summed E-state index contributed by atoms with van der Waals surface area (Å²) >= 11 is 12.1. The summed E-state index contributed by atoms with van der Waals surface area (Å²) in [4.78, 5) is 15.5. The molecule has 3 aliphatic rings. The number of halogens is 6. The van der Waals surface area contributed by atoms with Crippen LogP contribution in [-0.4, -0.2) is 29.9 Å². The van der Waals surface area contributed by atoms with E-state index in [-0.39, 0.29) is 35.1 Å². The summed E-state index contributed by atoms with van der Waals surface area (Å²) in [6.07, 6.45) is -1.47. The molecule has 0 spiro atoms. The average Bonchev–Trinajstić information content (AvgIpc) is 2.72. The molecular weight excluding hydrogens is 472 g/mol. The number of amides is 1. The first kappa shape index (κ1) is 24.2. The van der Waals surface area contributed by atoms with Crippen LogP contribution in [0.3, 0.4) is 0 Å². The smallest absolute Gasteiger partial charge is 0.344 e. The molecule has 3 heterocycles. The van der Waals surface area contributed by atoms with Gasteiger partial charge in [-0.1, -0.05) is 53.5 Å². The molecule has 3 fully saturated rings. The highest BCUT2D eigenvalue weighted by atomic mass is 35.5. The molecule has 9 heteroatoms. The number of nitrogens with zero attached hydrogens (tertiary/aromatic N) is 1. The number of carbonyl (C=O) groups is 1. The number of carbonyl (C=O) groups excluding carboxylic acids is 1. The third-order valence-corrected chi connectivity index (χ3v) is 6.85. The van der Waals surface area contributed by atoms with E-state index in [1.54, 1.807) is 0 Å². The normalized spacial score (nSPS) is 23.7. The molecule has 2 aromatic rings. The van der Waals surface area contributed by atoms with Gasteiger partial charge in [0.2, 0.25) is 0 Å². The van der Waals surface area contributed by atoms with Gasteiger partial charge < -0.3 is 5.32 Å². The van der Waals surface area contributed by atoms with E-state index in [0.29, 0.717) is 5.92 Å². The van der Waals surface area contributed by atoms with Crippen molar-refractivity contribution in [3.05, 3.63) is 69.2 Å². The molecule has 0 saturated carbocycles. The van der Waals surface area contributed by atoms with Gasteiger partial charge >= 0.3 is 6.18 Å². The van der Waals surface area contributed by atoms with E-state index in [4.69, 9.17) is 23.2 Å². The first-order valence-electron chi connectivity index (χ1n) is 9.90. The zero-order valence-corrected chi connectivity index (χ0v) is 18.8. The highest BCUT2D eigenvalue weighted by molar-refractivity contribution is 6.40. The van der Waals surface area contributed by atoms with Gasteiger partial charge in [0, 0.05) is 6.04 Å². The highest BCUT2D eigenvalue weighted by Crippen LogP contribution is 2.40. The van der Waals surface area contributed by atoms with Crippen LogP contribution in [0.1, 0.15) is 46.8 Å². The molecular formula is C22H22Cl3F3N2O. The second-order valence-electron chi connectivity index (χ2n) is 7.93. The minimum Gasteiger partial charge on any atom is -0.344 e. The van der Waals surface area contributed by atoms with Gasteiger partial charge in [-0.05, 0) is 56.0 Å². The number of nitrogens with one attached hydrogen (secondary N) is 1. The Morgan fingerprint density at radius 3 is 2.26 bits per heavy atom. The predicted molar refractivity (Wildman–Crippen MR) is 118 cm³/mol. The molecule has 5 rings (SSSR count). The Kier molecular flexibility index (Phi) is 7.47. The lowest BCUT2D eigenvalue weighted by Gasteiger charge is -2.48. The van der Waals surface area contributed by atoms with Gasteiger partial charge in [-0.2, -0.15) is 13.2 Å². The summed E-state index contributed by atoms with van der Waals surface area (Å²) in [7, 11) is 0. The van der Waals surface area contributed by atoms with Crippen molar-refractivity contribution in [1.82, 2.24) is 10.2 Å². The molecule has 2 aromatic carbocycles. The Hall–Kier alpha value is -1.47. The summed E-state index contributed by atoms with van der Waals surface area (Å²) in [6.45, 7) is 1.92. The number of alkyl halides is 3. The number of benzene rings is 2. The van der Waals surface area contributed by atoms with Gasteiger partial charge in [-0.25, -0.2) is 0 Å². The van der Waals surface area contributed by atoms with Crippen molar-refractivity contribution in [2.24, 2.45) is 5.92 Å². The van der Waals surface area contributed by atoms with Gasteiger partial charge in [0.05, 0.1) is 27.2 Å². The maximum Gasteiger partial charge on any atom is 0.417 e. The van der Waals surface area contributed by atoms with Gasteiger partial charge in [-0.15, -0.1) is 12.4 Å². The molecule has 1 N–H and O–H groups in total. The van der Waals surface area contributed by atoms with E-state index in [0.717, 1.165) is 50.0 Å². The molecule has 1 amide bonds. The van der Waals surface area contributed by atoms with Crippen LogP contribution in [0.25, 0.3) is 0 Å². The first-order valence-corrected chi connectivity index (χ1v) is 10.7. The molecule has 1 unspecified atom stereocenters. The Bertz CT molecular complexity index is 932. The van der Waals surface area contributed by atoms with Gasteiger partial charge in [0.15, 0.2) is 0 Å². The number of hydrogen-bond acceptors (Lipinski definition) is 2. The van der Waals surface area contributed by atoms with Crippen molar-refractivity contribution < 1.29 is 18.0 Å². The fourth-order valence-electron chi connectivity index (χ4n) is 4.61. The first-order chi connectivity index (χ1) is 14.3. The third-order valence-electron chi connectivity index (χ3n) is 6.15. The molecule has 2 atom stereocenters. The van der Waals surface area contributed by atoms with Crippen molar-refractivity contribution >= 4 is 41.5 Å². The summed E-state index contributed by atoms with van der Waals surface area (Å²) in [5.41, 5.74) is -0.511. The Morgan fingerprint density at radius 2 is 1.71 bits per heavy atom. The molecule has 3 aliphatic heterocycles. The Labute approximate surface area is 195 Å². The van der Waals surface area contributed by atoms with Crippen molar-refractivity contribution in [3.8, 4) is 0 Å². The van der Waals surface area contributed by atoms with Gasteiger partial charge in [0.1, 0.15) is 0 Å². The minimum atomic E-state index is -4.68. The maximum atomic E-state index is 13.3. The van der Waals surface area contributed by atoms with Crippen LogP contribution in [0.15, 0.2) is 42.5 Å². The molecule has 0 radical (unpaired) electrons. The average molecular weight is 494 g/mol. The number of piperidine rings is 3. The molecule has 0 aliphatic carbocycles. The van der Waals surface area contributed by atoms with E-state index in [9.17, 15) is 18.0 Å². The molecule has 31 heavy (non-hydrogen) atoms. The van der Waals surface area contributed by atoms with Crippen LogP contribution in [0, 0.1) is 5.92 Å². The topological polar surface area (TPSA) is 32.3 Å². The van der Waals surface area contributed by atoms with Crippen LogP contribution in [0.4, 0.5) is 13.2 Å². The largest absolute Gasteiger partial charge is 0.417 e. The molecule has 3 nitrogen and oxygen atoms in total. The SMILES string of the molecule is Cl.O=C(NC(c1ccccc1)[C@@H]1CC2CCN1CC2)c1c(Cl)ccc(C(F)(F)F)c1Cl. The van der Waals surface area contributed by atoms with E-state index in [1.165, 1.54) is 0 Å². The summed E-state index contributed by atoms with van der Waals surface area (Å²) in [5, 5.41) is 2.16. The second kappa shape index (κ2) is 9.57. The van der Waals surface area contributed by atoms with Crippen LogP contribution in [0.5, 0.6) is 0 Å². The van der Waals surface area contributed by atoms with E-state index in [1.807, 2.05) is 30.3 Å². The molecule has 2 bridgehead atoms. The molecule has 3 saturated heterocycles. The molecule has 168 valence electrons. The van der Waals surface area contributed by atoms with Crippen molar-refractivity contribution in [1.29, 1.82) is 0 Å². The van der Waals surface area contributed by atoms with Crippen LogP contribution < -0.4 is 5.32 Å². The quantitative estimate of drug-likeness (QED) is 0.535. The fourth-order valence-corrected chi connectivity index (χ4v) is 5.26. The summed E-state index contributed by atoms with van der Waals surface area (Å²) in [6, 6.07) is 11.1. The maximum absolute atomic E-state index is 13.3. The van der Waals surface area contributed by atoms with Gasteiger partial charge in [-0.3, -0.25) is 9.69 Å². The van der Waals surface area contributed by atoms with E-state index < -0.39 is 22.7 Å². The van der Waals surface area contributed by atoms with Crippen molar-refractivity contribution in [2.45, 2.75) is 37.5 Å². The van der Waals surface area contributed by atoms with E-state index >= 15 is 0 Å². The van der Waals surface area contributed by atoms with Crippen LogP contribution in [0.2, 0.25) is 10.0 Å². The Balaban J connectivity index is 0.00000272. The van der Waals surface area contributed by atoms with Gasteiger partial charge in [0.25, 0.3) is 5.91 Å². The van der Waals surface area contributed by atoms with Crippen LogP contribution >= 0.6 is 35.6 Å². The Morgan fingerprint density at radius 1 is 1.06 bits per heavy atom. The number of rotatable bonds is 4. The third kappa shape index (κ3) is 4.98. The minimum absolute atomic E-state index is 0. The number of hydrogen-bond donors (Lipinski definition) is 1. The fraction of sp³-hybridized carbons (Fsp3) is 0.409. The zero-order chi connectivity index (χ0) is 21.5.